The molecule has 0 N–H and O–H groups in total. The molecule has 1 aromatic rings. The lowest BCUT2D eigenvalue weighted by Gasteiger charge is -2.05. The maximum atomic E-state index is 11.2. The smallest absolute Gasteiger partial charge is 0.311 e. The molecule has 0 atom stereocenters. The third-order valence-corrected chi connectivity index (χ3v) is 1.98. The van der Waals surface area contributed by atoms with Gasteiger partial charge in [-0.15, -0.1) is 0 Å². The summed E-state index contributed by atoms with van der Waals surface area (Å²) >= 11 is 0. The van der Waals surface area contributed by atoms with Gasteiger partial charge in [0.2, 0.25) is 0 Å². The molecule has 0 saturated carbocycles. The molecule has 0 bridgehead atoms. The van der Waals surface area contributed by atoms with Crippen molar-refractivity contribution in [3.63, 3.8) is 0 Å². The fourth-order valence-electron chi connectivity index (χ4n) is 1.30. The molecule has 0 unspecified atom stereocenters. The Bertz CT molecular complexity index is 310. The van der Waals surface area contributed by atoms with Gasteiger partial charge in [0.15, 0.2) is 0 Å². The number of ether oxygens (including phenoxy) is 1. The van der Waals surface area contributed by atoms with Gasteiger partial charge in [0.25, 0.3) is 0 Å². The molecule has 0 amide bonds. The van der Waals surface area contributed by atoms with E-state index in [-0.39, 0.29) is 12.4 Å². The maximum absolute atomic E-state index is 11.2. The van der Waals surface area contributed by atoms with Crippen LogP contribution >= 0.6 is 0 Å². The van der Waals surface area contributed by atoms with Crippen molar-refractivity contribution < 1.29 is 9.53 Å². The monoisotopic (exact) mass is 193 g/mol. The van der Waals surface area contributed by atoms with E-state index in [0.717, 1.165) is 17.7 Å². The van der Waals surface area contributed by atoms with Crippen molar-refractivity contribution in [1.82, 2.24) is 4.98 Å². The van der Waals surface area contributed by atoms with Crippen LogP contribution in [0.4, 0.5) is 0 Å². The number of aryl methyl sites for hydroxylation is 1. The van der Waals surface area contributed by atoms with Gasteiger partial charge in [0, 0.05) is 6.20 Å². The van der Waals surface area contributed by atoms with Gasteiger partial charge in [0.05, 0.1) is 18.7 Å². The first kappa shape index (κ1) is 10.7. The Morgan fingerprint density at radius 3 is 2.93 bits per heavy atom. The summed E-state index contributed by atoms with van der Waals surface area (Å²) in [7, 11) is 0. The van der Waals surface area contributed by atoms with E-state index in [1.54, 1.807) is 13.1 Å². The van der Waals surface area contributed by atoms with Crippen molar-refractivity contribution in [2.45, 2.75) is 26.7 Å². The molecule has 0 aliphatic carbocycles. The second kappa shape index (κ2) is 5.37. The number of aromatic nitrogens is 1. The van der Waals surface area contributed by atoms with Crippen LogP contribution in [0.5, 0.6) is 0 Å². The Balaban J connectivity index is 2.70. The fraction of sp³-hybridized carbons (Fsp3) is 0.455. The number of carbonyl (C=O) groups excluding carboxylic acids is 1. The molecule has 0 aliphatic rings. The van der Waals surface area contributed by atoms with E-state index in [4.69, 9.17) is 4.74 Å². The van der Waals surface area contributed by atoms with Gasteiger partial charge < -0.3 is 4.74 Å². The van der Waals surface area contributed by atoms with Crippen LogP contribution in [0.25, 0.3) is 0 Å². The molecule has 0 aromatic carbocycles. The molecule has 0 radical (unpaired) electrons. The number of rotatable bonds is 4. The lowest BCUT2D eigenvalue weighted by atomic mass is 10.1. The van der Waals surface area contributed by atoms with Crippen molar-refractivity contribution >= 4 is 5.97 Å². The van der Waals surface area contributed by atoms with Gasteiger partial charge in [-0.1, -0.05) is 13.0 Å². The number of esters is 1. The molecule has 0 spiro atoms. The van der Waals surface area contributed by atoms with E-state index < -0.39 is 0 Å². The highest BCUT2D eigenvalue weighted by Crippen LogP contribution is 2.07. The standard InChI is InChI=1S/C11H15NO2/c1-3-9-6-5-7-12-10(9)8-11(13)14-4-2/h5-7H,3-4,8H2,1-2H3. The van der Waals surface area contributed by atoms with E-state index in [2.05, 4.69) is 4.98 Å². The third kappa shape index (κ3) is 2.83. The van der Waals surface area contributed by atoms with E-state index in [1.807, 2.05) is 19.1 Å². The average molecular weight is 193 g/mol. The molecule has 0 fully saturated rings. The minimum atomic E-state index is -0.208. The van der Waals surface area contributed by atoms with Gasteiger partial charge in [-0.05, 0) is 25.0 Å². The summed E-state index contributed by atoms with van der Waals surface area (Å²) in [5, 5.41) is 0. The van der Waals surface area contributed by atoms with E-state index in [1.165, 1.54) is 0 Å². The summed E-state index contributed by atoms with van der Waals surface area (Å²) < 4.78 is 4.87. The van der Waals surface area contributed by atoms with E-state index in [9.17, 15) is 4.79 Å². The van der Waals surface area contributed by atoms with Gasteiger partial charge in [0.1, 0.15) is 0 Å². The predicted molar refractivity (Wildman–Crippen MR) is 54.0 cm³/mol. The molecule has 14 heavy (non-hydrogen) atoms. The Morgan fingerprint density at radius 1 is 1.50 bits per heavy atom. The molecule has 1 aromatic heterocycles. The van der Waals surface area contributed by atoms with Crippen LogP contribution in [-0.4, -0.2) is 17.6 Å². The summed E-state index contributed by atoms with van der Waals surface area (Å²) in [6, 6.07) is 3.87. The third-order valence-electron chi connectivity index (χ3n) is 1.98. The maximum Gasteiger partial charge on any atom is 0.311 e. The normalized spacial score (nSPS) is 9.86. The van der Waals surface area contributed by atoms with Crippen molar-refractivity contribution in [3.05, 3.63) is 29.6 Å². The minimum absolute atomic E-state index is 0.208. The van der Waals surface area contributed by atoms with Crippen LogP contribution in [0.1, 0.15) is 25.1 Å². The molecular formula is C11H15NO2. The first-order valence-electron chi connectivity index (χ1n) is 4.86. The number of pyridine rings is 1. The van der Waals surface area contributed by atoms with Crippen molar-refractivity contribution in [1.29, 1.82) is 0 Å². The highest BCUT2D eigenvalue weighted by Gasteiger charge is 2.08. The summed E-state index contributed by atoms with van der Waals surface area (Å²) in [5.74, 6) is -0.208. The van der Waals surface area contributed by atoms with Gasteiger partial charge in [-0.3, -0.25) is 9.78 Å². The Morgan fingerprint density at radius 2 is 2.29 bits per heavy atom. The molecule has 3 nitrogen and oxygen atoms in total. The van der Waals surface area contributed by atoms with Gasteiger partial charge >= 0.3 is 5.97 Å². The first-order chi connectivity index (χ1) is 6.77. The van der Waals surface area contributed by atoms with Crippen LogP contribution in [0.2, 0.25) is 0 Å². The molecule has 0 aliphatic heterocycles. The number of carbonyl (C=O) groups is 1. The number of hydrogen-bond acceptors (Lipinski definition) is 3. The SMILES string of the molecule is CCOC(=O)Cc1ncccc1CC. The average Bonchev–Trinajstić information content (AvgIpc) is 2.19. The fourth-order valence-corrected chi connectivity index (χ4v) is 1.30. The van der Waals surface area contributed by atoms with Gasteiger partial charge in [-0.25, -0.2) is 0 Å². The molecule has 1 rings (SSSR count). The Hall–Kier alpha value is -1.38. The van der Waals surface area contributed by atoms with Crippen LogP contribution in [-0.2, 0) is 22.4 Å². The Labute approximate surface area is 84.1 Å². The van der Waals surface area contributed by atoms with Gasteiger partial charge in [-0.2, -0.15) is 0 Å². The van der Waals surface area contributed by atoms with E-state index in [0.29, 0.717) is 6.61 Å². The zero-order valence-electron chi connectivity index (χ0n) is 8.62. The minimum Gasteiger partial charge on any atom is -0.466 e. The number of nitrogens with zero attached hydrogens (tertiary/aromatic N) is 1. The zero-order valence-corrected chi connectivity index (χ0v) is 8.62. The highest BCUT2D eigenvalue weighted by atomic mass is 16.5. The van der Waals surface area contributed by atoms with Crippen LogP contribution in [0.3, 0.4) is 0 Å². The highest BCUT2D eigenvalue weighted by molar-refractivity contribution is 5.72. The first-order valence-corrected chi connectivity index (χ1v) is 4.86. The molecular weight excluding hydrogens is 178 g/mol. The molecule has 3 heteroatoms. The predicted octanol–water partition coefficient (Wildman–Crippen LogP) is 1.75. The van der Waals surface area contributed by atoms with Crippen molar-refractivity contribution in [3.8, 4) is 0 Å². The summed E-state index contributed by atoms with van der Waals surface area (Å²) in [5.41, 5.74) is 1.94. The quantitative estimate of drug-likeness (QED) is 0.684. The lowest BCUT2D eigenvalue weighted by molar-refractivity contribution is -0.142. The second-order valence-corrected chi connectivity index (χ2v) is 2.94. The molecule has 1 heterocycles. The topological polar surface area (TPSA) is 39.2 Å². The second-order valence-electron chi connectivity index (χ2n) is 2.94. The largest absolute Gasteiger partial charge is 0.466 e. The van der Waals surface area contributed by atoms with E-state index >= 15 is 0 Å². The van der Waals surface area contributed by atoms with Crippen molar-refractivity contribution in [2.75, 3.05) is 6.61 Å². The lowest BCUT2D eigenvalue weighted by Crippen LogP contribution is -2.10. The van der Waals surface area contributed by atoms with Crippen LogP contribution in [0, 0.1) is 0 Å². The summed E-state index contributed by atoms with van der Waals surface area (Å²) in [6.07, 6.45) is 2.87. The zero-order chi connectivity index (χ0) is 10.4. The van der Waals surface area contributed by atoms with Crippen LogP contribution < -0.4 is 0 Å². The number of hydrogen-bond donors (Lipinski definition) is 0. The van der Waals surface area contributed by atoms with Crippen molar-refractivity contribution in [2.24, 2.45) is 0 Å². The Kier molecular flexibility index (Phi) is 4.11. The molecule has 0 saturated heterocycles. The van der Waals surface area contributed by atoms with Crippen LogP contribution in [0.15, 0.2) is 18.3 Å². The summed E-state index contributed by atoms with van der Waals surface area (Å²) in [6.45, 7) is 4.27. The molecule has 76 valence electrons. The summed E-state index contributed by atoms with van der Waals surface area (Å²) in [4.78, 5) is 15.4.